The van der Waals surface area contributed by atoms with Gasteiger partial charge in [-0.05, 0) is 86.3 Å². The van der Waals surface area contributed by atoms with E-state index in [-0.39, 0.29) is 23.8 Å². The summed E-state index contributed by atoms with van der Waals surface area (Å²) in [6.07, 6.45) is 0.243. The third-order valence-corrected chi connectivity index (χ3v) is 9.27. The van der Waals surface area contributed by atoms with Gasteiger partial charge in [0.15, 0.2) is 0 Å². The summed E-state index contributed by atoms with van der Waals surface area (Å²) >= 11 is 6.29. The van der Waals surface area contributed by atoms with Gasteiger partial charge in [-0.2, -0.15) is 0 Å². The highest BCUT2D eigenvalue weighted by Gasteiger charge is 2.34. The first-order valence-electron chi connectivity index (χ1n) is 14.5. The summed E-state index contributed by atoms with van der Waals surface area (Å²) in [5.74, 6) is -0.849. The number of hydrogen-bond donors (Lipinski definition) is 1. The van der Waals surface area contributed by atoms with Crippen molar-refractivity contribution >= 4 is 39.1 Å². The molecule has 7 nitrogen and oxygen atoms in total. The van der Waals surface area contributed by atoms with Crippen molar-refractivity contribution in [2.75, 3.05) is 17.4 Å². The van der Waals surface area contributed by atoms with Gasteiger partial charge in [-0.1, -0.05) is 77.8 Å². The first-order chi connectivity index (χ1) is 21.0. The van der Waals surface area contributed by atoms with Gasteiger partial charge < -0.3 is 10.2 Å². The number of benzene rings is 4. The molecule has 1 N–H and O–H groups in total. The molecule has 0 radical (unpaired) electrons. The average Bonchev–Trinajstić information content (AvgIpc) is 2.98. The highest BCUT2D eigenvalue weighted by atomic mass is 35.5. The Morgan fingerprint density at radius 1 is 0.795 bits per heavy atom. The van der Waals surface area contributed by atoms with Crippen molar-refractivity contribution in [3.05, 3.63) is 130 Å². The second-order valence-corrected chi connectivity index (χ2v) is 13.2. The molecule has 0 saturated heterocycles. The summed E-state index contributed by atoms with van der Waals surface area (Å²) in [6.45, 7) is 7.38. The van der Waals surface area contributed by atoms with Crippen molar-refractivity contribution in [1.29, 1.82) is 0 Å². The van der Waals surface area contributed by atoms with Crippen LogP contribution in [0.15, 0.2) is 102 Å². The van der Waals surface area contributed by atoms with Crippen molar-refractivity contribution < 1.29 is 18.0 Å². The van der Waals surface area contributed by atoms with Crippen LogP contribution in [0.3, 0.4) is 0 Å². The maximum absolute atomic E-state index is 14.5. The maximum atomic E-state index is 14.5. The van der Waals surface area contributed by atoms with Crippen LogP contribution in [0.4, 0.5) is 5.69 Å². The lowest BCUT2D eigenvalue weighted by atomic mass is 10.0. The van der Waals surface area contributed by atoms with Gasteiger partial charge in [0.1, 0.15) is 12.6 Å². The summed E-state index contributed by atoms with van der Waals surface area (Å²) in [5, 5.41) is 3.36. The van der Waals surface area contributed by atoms with Crippen molar-refractivity contribution in [1.82, 2.24) is 10.2 Å². The summed E-state index contributed by atoms with van der Waals surface area (Å²) in [5.41, 5.74) is 4.58. The monoisotopic (exact) mass is 631 g/mol. The van der Waals surface area contributed by atoms with E-state index in [0.29, 0.717) is 22.8 Å². The second-order valence-electron chi connectivity index (χ2n) is 10.9. The molecule has 0 aliphatic rings. The Morgan fingerprint density at radius 3 is 2.05 bits per heavy atom. The number of sulfonamides is 1. The lowest BCUT2D eigenvalue weighted by Gasteiger charge is -2.34. The molecule has 0 aromatic heterocycles. The standard InChI is InChI=1S/C35H38ClN3O4S/c1-5-37-35(41)33(22-28-10-7-6-8-11-28)38(23-29-12-9-13-30(36)21-29)34(40)24-39(31-19-26(3)18-27(4)20-31)44(42,43)32-16-14-25(2)15-17-32/h6-21,33H,5,22-24H2,1-4H3,(H,37,41). The molecular weight excluding hydrogens is 594 g/mol. The fraction of sp³-hybridized carbons (Fsp3) is 0.257. The Kier molecular flexibility index (Phi) is 10.8. The van der Waals surface area contributed by atoms with E-state index < -0.39 is 28.5 Å². The number of carbonyl (C=O) groups excluding carboxylic acids is 2. The van der Waals surface area contributed by atoms with Crippen molar-refractivity contribution in [3.8, 4) is 0 Å². The highest BCUT2D eigenvalue weighted by Crippen LogP contribution is 2.27. The van der Waals surface area contributed by atoms with Gasteiger partial charge in [0, 0.05) is 24.5 Å². The quantitative estimate of drug-likeness (QED) is 0.201. The molecule has 0 saturated carbocycles. The number of nitrogens with zero attached hydrogens (tertiary/aromatic N) is 2. The molecule has 0 heterocycles. The van der Waals surface area contributed by atoms with Gasteiger partial charge in [0.25, 0.3) is 10.0 Å². The molecule has 1 atom stereocenters. The van der Waals surface area contributed by atoms with Crippen LogP contribution in [0, 0.1) is 20.8 Å². The van der Waals surface area contributed by atoms with E-state index in [1.165, 1.54) is 4.90 Å². The number of hydrogen-bond acceptors (Lipinski definition) is 4. The van der Waals surface area contributed by atoms with Crippen LogP contribution >= 0.6 is 11.6 Å². The molecule has 4 aromatic carbocycles. The Labute approximate surface area is 265 Å². The highest BCUT2D eigenvalue weighted by molar-refractivity contribution is 7.92. The molecule has 0 aliphatic carbocycles. The predicted octanol–water partition coefficient (Wildman–Crippen LogP) is 6.24. The van der Waals surface area contributed by atoms with E-state index >= 15 is 0 Å². The van der Waals surface area contributed by atoms with Gasteiger partial charge in [-0.3, -0.25) is 13.9 Å². The molecule has 44 heavy (non-hydrogen) atoms. The number of likely N-dealkylation sites (N-methyl/N-ethyl adjacent to an activating group) is 1. The fourth-order valence-electron chi connectivity index (χ4n) is 5.14. The number of nitrogens with one attached hydrogen (secondary N) is 1. The van der Waals surface area contributed by atoms with Gasteiger partial charge in [0.2, 0.25) is 11.8 Å². The van der Waals surface area contributed by atoms with Gasteiger partial charge in [0.05, 0.1) is 10.6 Å². The third-order valence-electron chi connectivity index (χ3n) is 7.25. The smallest absolute Gasteiger partial charge is 0.264 e. The molecule has 9 heteroatoms. The SMILES string of the molecule is CCNC(=O)C(Cc1ccccc1)N(Cc1cccc(Cl)c1)C(=O)CN(c1cc(C)cc(C)c1)S(=O)(=O)c1ccc(C)cc1. The number of aryl methyl sites for hydroxylation is 3. The molecule has 230 valence electrons. The number of halogens is 1. The van der Waals surface area contributed by atoms with Crippen LogP contribution in [0.5, 0.6) is 0 Å². The van der Waals surface area contributed by atoms with Crippen LogP contribution in [0.2, 0.25) is 5.02 Å². The van der Waals surface area contributed by atoms with Crippen LogP contribution in [0.1, 0.15) is 34.7 Å². The Hall–Kier alpha value is -4.14. The molecule has 1 unspecified atom stereocenters. The van der Waals surface area contributed by atoms with Crippen LogP contribution in [-0.4, -0.2) is 44.3 Å². The molecule has 4 aromatic rings. The molecule has 0 bridgehead atoms. The summed E-state index contributed by atoms with van der Waals surface area (Å²) < 4.78 is 29.5. The van der Waals surface area contributed by atoms with E-state index in [1.54, 1.807) is 54.6 Å². The van der Waals surface area contributed by atoms with E-state index in [4.69, 9.17) is 11.6 Å². The minimum Gasteiger partial charge on any atom is -0.355 e. The van der Waals surface area contributed by atoms with E-state index in [9.17, 15) is 18.0 Å². The molecule has 0 fully saturated rings. The van der Waals surface area contributed by atoms with Crippen LogP contribution < -0.4 is 9.62 Å². The molecule has 0 spiro atoms. The van der Waals surface area contributed by atoms with Crippen LogP contribution in [0.25, 0.3) is 0 Å². The lowest BCUT2D eigenvalue weighted by Crippen LogP contribution is -2.53. The predicted molar refractivity (Wildman–Crippen MR) is 176 cm³/mol. The Bertz CT molecular complexity index is 1690. The maximum Gasteiger partial charge on any atom is 0.264 e. The normalized spacial score (nSPS) is 11.9. The largest absolute Gasteiger partial charge is 0.355 e. The lowest BCUT2D eigenvalue weighted by molar-refractivity contribution is -0.140. The topological polar surface area (TPSA) is 86.8 Å². The zero-order chi connectivity index (χ0) is 31.9. The summed E-state index contributed by atoms with van der Waals surface area (Å²) in [4.78, 5) is 29.6. The number of amides is 2. The molecular formula is C35H38ClN3O4S. The van der Waals surface area contributed by atoms with Gasteiger partial charge in [-0.15, -0.1) is 0 Å². The molecule has 4 rings (SSSR count). The number of carbonyl (C=O) groups is 2. The van der Waals surface area contributed by atoms with E-state index in [2.05, 4.69) is 5.32 Å². The summed E-state index contributed by atoms with van der Waals surface area (Å²) in [7, 11) is -4.16. The number of rotatable bonds is 12. The van der Waals surface area contributed by atoms with Gasteiger partial charge >= 0.3 is 0 Å². The van der Waals surface area contributed by atoms with Crippen molar-refractivity contribution in [2.24, 2.45) is 0 Å². The Morgan fingerprint density at radius 2 is 1.43 bits per heavy atom. The Balaban J connectivity index is 1.82. The number of anilines is 1. The first kappa shape index (κ1) is 32.8. The molecule has 2 amide bonds. The first-order valence-corrected chi connectivity index (χ1v) is 16.3. The van der Waals surface area contributed by atoms with Crippen molar-refractivity contribution in [3.63, 3.8) is 0 Å². The van der Waals surface area contributed by atoms with E-state index in [1.807, 2.05) is 70.2 Å². The fourth-order valence-corrected chi connectivity index (χ4v) is 6.75. The summed E-state index contributed by atoms with van der Waals surface area (Å²) in [6, 6.07) is 27.6. The van der Waals surface area contributed by atoms with Gasteiger partial charge in [-0.25, -0.2) is 8.42 Å². The van der Waals surface area contributed by atoms with E-state index in [0.717, 1.165) is 26.6 Å². The third kappa shape index (κ3) is 8.27. The minimum absolute atomic E-state index is 0.0549. The second kappa shape index (κ2) is 14.6. The van der Waals surface area contributed by atoms with Crippen LogP contribution in [-0.2, 0) is 32.6 Å². The molecule has 0 aliphatic heterocycles. The average molecular weight is 632 g/mol. The minimum atomic E-state index is -4.16. The zero-order valence-electron chi connectivity index (χ0n) is 25.5. The zero-order valence-corrected chi connectivity index (χ0v) is 27.0. The van der Waals surface area contributed by atoms with Crippen molar-refractivity contribution in [2.45, 2.75) is 51.6 Å².